The molecule has 1 aliphatic heterocycles. The maximum Gasteiger partial charge on any atom is 0.147 e. The molecule has 0 bridgehead atoms. The first-order valence-corrected chi connectivity index (χ1v) is 9.70. The minimum absolute atomic E-state index is 0.185. The van der Waals surface area contributed by atoms with Crippen molar-refractivity contribution in [2.24, 2.45) is 0 Å². The van der Waals surface area contributed by atoms with Gasteiger partial charge in [-0.3, -0.25) is 0 Å². The summed E-state index contributed by atoms with van der Waals surface area (Å²) in [5.74, 6) is 1.49. The van der Waals surface area contributed by atoms with Gasteiger partial charge in [0.1, 0.15) is 15.6 Å². The highest BCUT2D eigenvalue weighted by atomic mass is 32.2. The van der Waals surface area contributed by atoms with Crippen LogP contribution in [0.25, 0.3) is 0 Å². The van der Waals surface area contributed by atoms with Gasteiger partial charge in [-0.25, -0.2) is 8.42 Å². The maximum absolute atomic E-state index is 11.5. The summed E-state index contributed by atoms with van der Waals surface area (Å²) in [5, 5.41) is 3.53. The van der Waals surface area contributed by atoms with E-state index in [9.17, 15) is 8.42 Å². The summed E-state index contributed by atoms with van der Waals surface area (Å²) < 4.78 is 28.7. The van der Waals surface area contributed by atoms with E-state index in [1.54, 1.807) is 0 Å². The summed E-state index contributed by atoms with van der Waals surface area (Å²) in [6.07, 6.45) is 3.93. The minimum atomic E-state index is -2.93. The predicted molar refractivity (Wildman–Crippen MR) is 85.7 cm³/mol. The molecule has 0 saturated carbocycles. The van der Waals surface area contributed by atoms with Crippen LogP contribution >= 0.6 is 0 Å². The Labute approximate surface area is 127 Å². The Balaban J connectivity index is 2.16. The Morgan fingerprint density at radius 3 is 2.86 bits per heavy atom. The normalized spacial score (nSPS) is 19.6. The standard InChI is InChI=1S/C16H25NO3S/c1-3-10-17-15(9-12-21(2,18)19)13-8-11-20-16-7-5-4-6-14(13)16/h4-7,13,15,17H,3,8-12H2,1-2H3. The summed E-state index contributed by atoms with van der Waals surface area (Å²) in [6, 6.07) is 8.28. The van der Waals surface area contributed by atoms with Gasteiger partial charge in [0, 0.05) is 18.2 Å². The predicted octanol–water partition coefficient (Wildman–Crippen LogP) is 2.36. The molecule has 0 fully saturated rings. The van der Waals surface area contributed by atoms with Gasteiger partial charge in [-0.1, -0.05) is 25.1 Å². The van der Waals surface area contributed by atoms with E-state index >= 15 is 0 Å². The molecule has 4 nitrogen and oxygen atoms in total. The molecule has 0 amide bonds. The maximum atomic E-state index is 11.5. The van der Waals surface area contributed by atoms with Crippen molar-refractivity contribution in [3.8, 4) is 5.75 Å². The van der Waals surface area contributed by atoms with E-state index < -0.39 is 9.84 Å². The summed E-state index contributed by atoms with van der Waals surface area (Å²) in [4.78, 5) is 0. The van der Waals surface area contributed by atoms with Gasteiger partial charge in [-0.2, -0.15) is 0 Å². The molecule has 5 heteroatoms. The van der Waals surface area contributed by atoms with Crippen molar-refractivity contribution in [3.05, 3.63) is 29.8 Å². The van der Waals surface area contributed by atoms with Crippen LogP contribution in [0.4, 0.5) is 0 Å². The van der Waals surface area contributed by atoms with Crippen LogP contribution in [0.1, 0.15) is 37.7 Å². The fraction of sp³-hybridized carbons (Fsp3) is 0.625. The molecule has 0 aliphatic carbocycles. The summed E-state index contributed by atoms with van der Waals surface area (Å²) in [6.45, 7) is 3.73. The second kappa shape index (κ2) is 7.27. The number of nitrogens with one attached hydrogen (secondary N) is 1. The van der Waals surface area contributed by atoms with Crippen molar-refractivity contribution < 1.29 is 13.2 Å². The quantitative estimate of drug-likeness (QED) is 0.840. The summed E-state index contributed by atoms with van der Waals surface area (Å²) in [5.41, 5.74) is 1.20. The Morgan fingerprint density at radius 1 is 1.38 bits per heavy atom. The van der Waals surface area contributed by atoms with Gasteiger partial charge in [0.05, 0.1) is 12.4 Å². The van der Waals surface area contributed by atoms with Crippen LogP contribution in [0, 0.1) is 0 Å². The zero-order valence-electron chi connectivity index (χ0n) is 12.8. The molecule has 1 heterocycles. The molecule has 2 rings (SSSR count). The molecule has 0 saturated heterocycles. The van der Waals surface area contributed by atoms with Crippen molar-refractivity contribution in [1.82, 2.24) is 5.32 Å². The van der Waals surface area contributed by atoms with E-state index in [2.05, 4.69) is 18.3 Å². The van der Waals surface area contributed by atoms with Crippen LogP contribution in [0.5, 0.6) is 5.75 Å². The first-order valence-electron chi connectivity index (χ1n) is 7.64. The van der Waals surface area contributed by atoms with Gasteiger partial charge in [0.25, 0.3) is 0 Å². The number of rotatable bonds is 7. The molecule has 0 spiro atoms. The monoisotopic (exact) mass is 311 g/mol. The van der Waals surface area contributed by atoms with E-state index in [0.717, 1.165) is 25.1 Å². The van der Waals surface area contributed by atoms with Crippen LogP contribution in [0.15, 0.2) is 24.3 Å². The van der Waals surface area contributed by atoms with Crippen molar-refractivity contribution in [2.45, 2.75) is 38.1 Å². The topological polar surface area (TPSA) is 55.4 Å². The van der Waals surface area contributed by atoms with E-state index in [4.69, 9.17) is 4.74 Å². The molecule has 0 radical (unpaired) electrons. The lowest BCUT2D eigenvalue weighted by atomic mass is 9.85. The molecular formula is C16H25NO3S. The second-order valence-electron chi connectivity index (χ2n) is 5.76. The molecule has 1 aliphatic rings. The van der Waals surface area contributed by atoms with E-state index in [1.165, 1.54) is 11.8 Å². The van der Waals surface area contributed by atoms with Crippen molar-refractivity contribution in [1.29, 1.82) is 0 Å². The summed E-state index contributed by atoms with van der Waals surface area (Å²) in [7, 11) is -2.93. The van der Waals surface area contributed by atoms with Crippen LogP contribution < -0.4 is 10.1 Å². The highest BCUT2D eigenvalue weighted by molar-refractivity contribution is 7.90. The minimum Gasteiger partial charge on any atom is -0.493 e. The molecule has 1 aromatic carbocycles. The molecule has 2 atom stereocenters. The SMILES string of the molecule is CCCNC(CCS(C)(=O)=O)C1CCOc2ccccc21. The molecule has 0 aromatic heterocycles. The fourth-order valence-corrected chi connectivity index (χ4v) is 3.59. The Kier molecular flexibility index (Phi) is 5.65. The van der Waals surface area contributed by atoms with E-state index in [1.807, 2.05) is 18.2 Å². The number of ether oxygens (including phenoxy) is 1. The second-order valence-corrected chi connectivity index (χ2v) is 8.02. The van der Waals surface area contributed by atoms with Crippen molar-refractivity contribution >= 4 is 9.84 Å². The average molecular weight is 311 g/mol. The number of sulfone groups is 1. The summed E-state index contributed by atoms with van der Waals surface area (Å²) >= 11 is 0. The van der Waals surface area contributed by atoms with Crippen LogP contribution in [-0.4, -0.2) is 39.6 Å². The van der Waals surface area contributed by atoms with Gasteiger partial charge in [0.15, 0.2) is 0 Å². The highest BCUT2D eigenvalue weighted by Gasteiger charge is 2.28. The lowest BCUT2D eigenvalue weighted by molar-refractivity contribution is 0.243. The number of hydrogen-bond acceptors (Lipinski definition) is 4. The third-order valence-electron chi connectivity index (χ3n) is 3.95. The van der Waals surface area contributed by atoms with Gasteiger partial charge in [0.2, 0.25) is 0 Å². The Morgan fingerprint density at radius 2 is 2.14 bits per heavy atom. The first-order chi connectivity index (χ1) is 10.0. The van der Waals surface area contributed by atoms with Crippen LogP contribution in [-0.2, 0) is 9.84 Å². The number of benzene rings is 1. The third-order valence-corrected chi connectivity index (χ3v) is 4.92. The van der Waals surface area contributed by atoms with Gasteiger partial charge < -0.3 is 10.1 Å². The lowest BCUT2D eigenvalue weighted by Crippen LogP contribution is -2.39. The lowest BCUT2D eigenvalue weighted by Gasteiger charge is -2.33. The van der Waals surface area contributed by atoms with Crippen LogP contribution in [0.2, 0.25) is 0 Å². The molecular weight excluding hydrogens is 286 g/mol. The van der Waals surface area contributed by atoms with Gasteiger partial charge in [-0.05, 0) is 37.4 Å². The Bertz CT molecular complexity index is 556. The smallest absolute Gasteiger partial charge is 0.147 e. The number of hydrogen-bond donors (Lipinski definition) is 1. The molecule has 1 N–H and O–H groups in total. The van der Waals surface area contributed by atoms with Crippen LogP contribution in [0.3, 0.4) is 0 Å². The number of para-hydroxylation sites is 1. The van der Waals surface area contributed by atoms with Gasteiger partial charge in [-0.15, -0.1) is 0 Å². The zero-order chi connectivity index (χ0) is 15.3. The molecule has 118 valence electrons. The molecule has 1 aromatic rings. The zero-order valence-corrected chi connectivity index (χ0v) is 13.7. The molecule has 21 heavy (non-hydrogen) atoms. The van der Waals surface area contributed by atoms with E-state index in [-0.39, 0.29) is 11.8 Å². The molecule has 2 unspecified atom stereocenters. The first kappa shape index (κ1) is 16.3. The van der Waals surface area contributed by atoms with Gasteiger partial charge >= 0.3 is 0 Å². The highest BCUT2D eigenvalue weighted by Crippen LogP contribution is 2.36. The van der Waals surface area contributed by atoms with Crippen molar-refractivity contribution in [2.75, 3.05) is 25.2 Å². The third kappa shape index (κ3) is 4.71. The average Bonchev–Trinajstić information content (AvgIpc) is 2.46. The Hall–Kier alpha value is -1.07. The largest absolute Gasteiger partial charge is 0.493 e. The van der Waals surface area contributed by atoms with E-state index in [0.29, 0.717) is 18.9 Å². The van der Waals surface area contributed by atoms with Crippen molar-refractivity contribution in [3.63, 3.8) is 0 Å². The fourth-order valence-electron chi connectivity index (χ4n) is 2.90. The number of fused-ring (bicyclic) bond motifs is 1.